The molecule has 0 bridgehead atoms. The van der Waals surface area contributed by atoms with Crippen LogP contribution >= 0.6 is 11.8 Å². The Morgan fingerprint density at radius 1 is 1.11 bits per heavy atom. The largest absolute Gasteiger partial charge is 0.493 e. The molecule has 2 aromatic carbocycles. The first-order valence-electron chi connectivity index (χ1n) is 9.00. The third-order valence-electron chi connectivity index (χ3n) is 4.32. The van der Waals surface area contributed by atoms with E-state index in [4.69, 9.17) is 14.5 Å². The zero-order chi connectivity index (χ0) is 20.1. The van der Waals surface area contributed by atoms with Gasteiger partial charge in [0.1, 0.15) is 0 Å². The van der Waals surface area contributed by atoms with Crippen molar-refractivity contribution in [2.75, 3.05) is 20.0 Å². The molecule has 0 saturated heterocycles. The molecule has 146 valence electrons. The topological polar surface area (TPSA) is 53.4 Å². The normalized spacial score (nSPS) is 10.7. The third kappa shape index (κ3) is 4.39. The smallest absolute Gasteiger partial charge is 0.262 e. The van der Waals surface area contributed by atoms with Crippen LogP contribution in [0.5, 0.6) is 11.5 Å². The Hall–Kier alpha value is -2.73. The highest BCUT2D eigenvalue weighted by Crippen LogP contribution is 2.28. The zero-order valence-corrected chi connectivity index (χ0v) is 17.4. The van der Waals surface area contributed by atoms with Gasteiger partial charge in [0.05, 0.1) is 31.7 Å². The highest BCUT2D eigenvalue weighted by molar-refractivity contribution is 7.99. The number of fused-ring (bicyclic) bond motifs is 1. The first kappa shape index (κ1) is 20.0. The number of allylic oxidation sites excluding steroid dienone is 1. The van der Waals surface area contributed by atoms with Crippen molar-refractivity contribution >= 4 is 22.7 Å². The molecule has 0 N–H and O–H groups in total. The number of rotatable bonds is 7. The maximum atomic E-state index is 13.2. The van der Waals surface area contributed by atoms with Crippen molar-refractivity contribution in [3.8, 4) is 11.5 Å². The molecule has 0 spiro atoms. The molecule has 28 heavy (non-hydrogen) atoms. The maximum absolute atomic E-state index is 13.2. The molecule has 5 nitrogen and oxygen atoms in total. The minimum atomic E-state index is -0.0416. The van der Waals surface area contributed by atoms with E-state index in [-0.39, 0.29) is 5.56 Å². The van der Waals surface area contributed by atoms with Crippen molar-refractivity contribution in [1.82, 2.24) is 9.55 Å². The van der Waals surface area contributed by atoms with Crippen molar-refractivity contribution in [2.45, 2.75) is 25.5 Å². The lowest BCUT2D eigenvalue weighted by atomic mass is 10.2. The van der Waals surface area contributed by atoms with Crippen molar-refractivity contribution < 1.29 is 9.47 Å². The van der Waals surface area contributed by atoms with E-state index < -0.39 is 0 Å². The number of ether oxygens (including phenoxy) is 2. The number of benzene rings is 2. The Bertz CT molecular complexity index is 1070. The number of hydrogen-bond donors (Lipinski definition) is 0. The highest BCUT2D eigenvalue weighted by atomic mass is 32.2. The van der Waals surface area contributed by atoms with E-state index in [0.29, 0.717) is 28.6 Å². The second-order valence-corrected chi connectivity index (χ2v) is 7.57. The van der Waals surface area contributed by atoms with Crippen LogP contribution in [0.3, 0.4) is 0 Å². The van der Waals surface area contributed by atoms with Crippen LogP contribution in [0.2, 0.25) is 0 Å². The van der Waals surface area contributed by atoms with Crippen LogP contribution in [0.15, 0.2) is 64.1 Å². The Kier molecular flexibility index (Phi) is 6.41. The average Bonchev–Trinajstić information content (AvgIpc) is 2.70. The minimum absolute atomic E-state index is 0.0416. The van der Waals surface area contributed by atoms with E-state index in [0.717, 1.165) is 16.8 Å². The number of aromatic nitrogens is 2. The number of thioether (sulfide) groups is 1. The van der Waals surface area contributed by atoms with Gasteiger partial charge in [-0.15, -0.1) is 0 Å². The fourth-order valence-electron chi connectivity index (χ4n) is 2.84. The monoisotopic (exact) mass is 396 g/mol. The molecule has 0 saturated carbocycles. The van der Waals surface area contributed by atoms with E-state index >= 15 is 0 Å². The van der Waals surface area contributed by atoms with Gasteiger partial charge >= 0.3 is 0 Å². The second-order valence-electron chi connectivity index (χ2n) is 6.58. The van der Waals surface area contributed by atoms with Gasteiger partial charge in [-0.1, -0.05) is 41.6 Å². The number of methoxy groups -OCH3 is 2. The summed E-state index contributed by atoms with van der Waals surface area (Å²) in [6.07, 6.45) is 2.13. The second kappa shape index (κ2) is 8.97. The van der Waals surface area contributed by atoms with Gasteiger partial charge in [-0.25, -0.2) is 4.98 Å². The standard InChI is InChI=1S/C22H24N2O3S/c1-15(2)11-12-28-22-23-18-8-6-5-7-17(18)21(25)24(22)14-16-9-10-19(26-3)20(13-16)27-4/h5-11,13H,12,14H2,1-4H3. The van der Waals surface area contributed by atoms with Crippen molar-refractivity contribution in [3.63, 3.8) is 0 Å². The summed E-state index contributed by atoms with van der Waals surface area (Å²) < 4.78 is 12.4. The van der Waals surface area contributed by atoms with Crippen LogP contribution in [0.4, 0.5) is 0 Å². The summed E-state index contributed by atoms with van der Waals surface area (Å²) in [6, 6.07) is 13.1. The summed E-state index contributed by atoms with van der Waals surface area (Å²) >= 11 is 1.56. The Morgan fingerprint density at radius 3 is 2.57 bits per heavy atom. The van der Waals surface area contributed by atoms with Gasteiger partial charge in [0.15, 0.2) is 16.7 Å². The van der Waals surface area contributed by atoms with Crippen LogP contribution in [0, 0.1) is 0 Å². The molecule has 0 aliphatic carbocycles. The molecule has 0 atom stereocenters. The van der Waals surface area contributed by atoms with Crippen LogP contribution in [-0.2, 0) is 6.54 Å². The minimum Gasteiger partial charge on any atom is -0.493 e. The molecule has 0 aliphatic heterocycles. The molecular weight excluding hydrogens is 372 g/mol. The van der Waals surface area contributed by atoms with E-state index in [1.165, 1.54) is 5.57 Å². The lowest BCUT2D eigenvalue weighted by Crippen LogP contribution is -2.24. The summed E-state index contributed by atoms with van der Waals surface area (Å²) in [4.78, 5) is 17.9. The number of hydrogen-bond acceptors (Lipinski definition) is 5. The van der Waals surface area contributed by atoms with E-state index in [2.05, 4.69) is 19.9 Å². The molecule has 0 amide bonds. The van der Waals surface area contributed by atoms with Crippen LogP contribution in [-0.4, -0.2) is 29.5 Å². The predicted octanol–water partition coefficient (Wildman–Crippen LogP) is 4.52. The summed E-state index contributed by atoms with van der Waals surface area (Å²) in [7, 11) is 3.21. The summed E-state index contributed by atoms with van der Waals surface area (Å²) in [5.74, 6) is 2.06. The predicted molar refractivity (Wildman–Crippen MR) is 115 cm³/mol. The first-order chi connectivity index (χ1) is 13.5. The van der Waals surface area contributed by atoms with Crippen LogP contribution in [0.1, 0.15) is 19.4 Å². The third-order valence-corrected chi connectivity index (χ3v) is 5.22. The van der Waals surface area contributed by atoms with Crippen LogP contribution in [0.25, 0.3) is 10.9 Å². The van der Waals surface area contributed by atoms with Gasteiger partial charge in [0.2, 0.25) is 0 Å². The maximum Gasteiger partial charge on any atom is 0.262 e. The molecule has 6 heteroatoms. The molecule has 0 fully saturated rings. The fourth-order valence-corrected chi connectivity index (χ4v) is 3.87. The molecule has 1 aromatic heterocycles. The summed E-state index contributed by atoms with van der Waals surface area (Å²) in [6.45, 7) is 4.53. The van der Waals surface area contributed by atoms with Crippen LogP contribution < -0.4 is 15.0 Å². The molecular formula is C22H24N2O3S. The number of nitrogens with zero attached hydrogens (tertiary/aromatic N) is 2. The SMILES string of the molecule is COc1ccc(Cn2c(SCC=C(C)C)nc3ccccc3c2=O)cc1OC. The fraction of sp³-hybridized carbons (Fsp3) is 0.273. The molecule has 3 aromatic rings. The Morgan fingerprint density at radius 2 is 1.86 bits per heavy atom. The van der Waals surface area contributed by atoms with E-state index in [1.54, 1.807) is 30.5 Å². The molecule has 0 radical (unpaired) electrons. The van der Waals surface area contributed by atoms with E-state index in [1.807, 2.05) is 42.5 Å². The van der Waals surface area contributed by atoms with Crippen molar-refractivity contribution in [1.29, 1.82) is 0 Å². The Labute approximate surface area is 169 Å². The van der Waals surface area contributed by atoms with Gasteiger partial charge in [0.25, 0.3) is 5.56 Å². The van der Waals surface area contributed by atoms with Gasteiger partial charge < -0.3 is 9.47 Å². The van der Waals surface area contributed by atoms with E-state index in [9.17, 15) is 4.79 Å². The average molecular weight is 397 g/mol. The lowest BCUT2D eigenvalue weighted by Gasteiger charge is -2.14. The van der Waals surface area contributed by atoms with Gasteiger partial charge in [-0.05, 0) is 43.7 Å². The highest BCUT2D eigenvalue weighted by Gasteiger charge is 2.13. The molecule has 0 unspecified atom stereocenters. The van der Waals surface area contributed by atoms with Gasteiger partial charge in [0, 0.05) is 5.75 Å². The van der Waals surface area contributed by atoms with Crippen molar-refractivity contribution in [2.24, 2.45) is 0 Å². The zero-order valence-electron chi connectivity index (χ0n) is 16.6. The van der Waals surface area contributed by atoms with Crippen molar-refractivity contribution in [3.05, 3.63) is 70.0 Å². The molecule has 0 aliphatic rings. The van der Waals surface area contributed by atoms with Gasteiger partial charge in [-0.3, -0.25) is 9.36 Å². The molecule has 1 heterocycles. The lowest BCUT2D eigenvalue weighted by molar-refractivity contribution is 0.354. The summed E-state index contributed by atoms with van der Waals surface area (Å²) in [5, 5.41) is 1.32. The number of para-hydroxylation sites is 1. The van der Waals surface area contributed by atoms with Gasteiger partial charge in [-0.2, -0.15) is 0 Å². The quantitative estimate of drug-likeness (QED) is 0.334. The first-order valence-corrected chi connectivity index (χ1v) is 9.98. The Balaban J connectivity index is 2.06. The molecule has 3 rings (SSSR count). The summed E-state index contributed by atoms with van der Waals surface area (Å²) in [5.41, 5.74) is 2.86.